The minimum absolute atomic E-state index is 0. The van der Waals surface area contributed by atoms with E-state index in [9.17, 15) is 19.2 Å². The fourth-order valence-corrected chi connectivity index (χ4v) is 6.32. The molecule has 0 radical (unpaired) electrons. The number of aromatic nitrogens is 8. The van der Waals surface area contributed by atoms with Gasteiger partial charge in [0.15, 0.2) is 0 Å². The number of carbonyl (C=O) groups is 4. The highest BCUT2D eigenvalue weighted by molar-refractivity contribution is 5.77. The van der Waals surface area contributed by atoms with Gasteiger partial charge in [-0.3, -0.25) is 29.0 Å². The van der Waals surface area contributed by atoms with Gasteiger partial charge in [-0.15, -0.1) is 0 Å². The van der Waals surface area contributed by atoms with Crippen molar-refractivity contribution in [3.63, 3.8) is 0 Å². The lowest BCUT2D eigenvalue weighted by molar-refractivity contribution is -0.132. The number of carbonyl (C=O) groups excluding carboxylic acids is 4. The molecule has 0 atom stereocenters. The second-order valence-corrected chi connectivity index (χ2v) is 15.4. The first kappa shape index (κ1) is 49.2. The summed E-state index contributed by atoms with van der Waals surface area (Å²) in [7, 11) is 0. The van der Waals surface area contributed by atoms with Gasteiger partial charge in [0.1, 0.15) is 48.0 Å². The molecule has 0 aromatic carbocycles. The summed E-state index contributed by atoms with van der Waals surface area (Å²) in [6, 6.07) is 0.273. The Kier molecular flexibility index (Phi) is 19.9. The minimum Gasteiger partial charge on any atom is -0.342 e. The molecule has 0 spiro atoms. The molecule has 0 aliphatic carbocycles. The van der Waals surface area contributed by atoms with Gasteiger partial charge in [-0.05, 0) is 76.2 Å². The lowest BCUT2D eigenvalue weighted by Gasteiger charge is -2.35. The monoisotopic (exact) mass is 807 g/mol. The van der Waals surface area contributed by atoms with Gasteiger partial charge in [0.05, 0.1) is 39.3 Å². The van der Waals surface area contributed by atoms with Crippen molar-refractivity contribution in [3.05, 3.63) is 72.9 Å². The van der Waals surface area contributed by atoms with Crippen LogP contribution < -0.4 is 0 Å². The van der Waals surface area contributed by atoms with Crippen molar-refractivity contribution in [3.8, 4) is 0 Å². The summed E-state index contributed by atoms with van der Waals surface area (Å²) in [5.41, 5.74) is -0.167. The van der Waals surface area contributed by atoms with E-state index < -0.39 is 0 Å². The molecule has 0 bridgehead atoms. The summed E-state index contributed by atoms with van der Waals surface area (Å²) >= 11 is 0. The average molecular weight is 807 g/mol. The van der Waals surface area contributed by atoms with Crippen molar-refractivity contribution in [2.45, 2.75) is 148 Å². The average Bonchev–Trinajstić information content (AvgIpc) is 3.96. The van der Waals surface area contributed by atoms with E-state index in [1.807, 2.05) is 80.6 Å². The maximum absolute atomic E-state index is 12.6. The van der Waals surface area contributed by atoms with Gasteiger partial charge in [-0.1, -0.05) is 7.43 Å². The molecule has 2 amide bonds. The van der Waals surface area contributed by atoms with Crippen molar-refractivity contribution in [1.82, 2.24) is 57.8 Å². The Hall–Kier alpha value is -4.96. The highest BCUT2D eigenvalue weighted by atomic mass is 16.2. The van der Waals surface area contributed by atoms with Crippen LogP contribution in [0, 0.1) is 0 Å². The molecule has 0 saturated heterocycles. The van der Waals surface area contributed by atoms with Crippen molar-refractivity contribution in [1.29, 1.82) is 0 Å². The van der Waals surface area contributed by atoms with Gasteiger partial charge in [0, 0.05) is 87.3 Å². The predicted octanol–water partition coefficient (Wildman–Crippen LogP) is 4.92. The molecular weight excluding hydrogens is 737 g/mol. The van der Waals surface area contributed by atoms with E-state index in [-0.39, 0.29) is 55.5 Å². The third kappa shape index (κ3) is 14.8. The summed E-state index contributed by atoms with van der Waals surface area (Å²) in [5.74, 6) is 3.75. The van der Waals surface area contributed by atoms with Crippen LogP contribution in [0.5, 0.6) is 0 Å². The fourth-order valence-electron chi connectivity index (χ4n) is 6.32. The molecule has 4 aromatic rings. The van der Waals surface area contributed by atoms with Crippen LogP contribution >= 0.6 is 0 Å². The topological polar surface area (TPSA) is 153 Å². The van der Waals surface area contributed by atoms with Crippen LogP contribution in [-0.4, -0.2) is 119 Å². The summed E-state index contributed by atoms with van der Waals surface area (Å²) in [4.78, 5) is 74.0. The molecule has 0 unspecified atom stereocenters. The van der Waals surface area contributed by atoms with Crippen LogP contribution in [-0.2, 0) is 71.5 Å². The predicted molar refractivity (Wildman–Crippen MR) is 226 cm³/mol. The van der Waals surface area contributed by atoms with Crippen LogP contribution in [0.3, 0.4) is 0 Å². The third-order valence-electron chi connectivity index (χ3n) is 9.87. The number of rotatable bonds is 21. The zero-order chi connectivity index (χ0) is 42.3. The second kappa shape index (κ2) is 23.4. The molecule has 58 heavy (non-hydrogen) atoms. The van der Waals surface area contributed by atoms with Crippen molar-refractivity contribution in [2.75, 3.05) is 26.2 Å². The number of imidazole rings is 4. The highest BCUT2D eigenvalue weighted by Crippen LogP contribution is 2.20. The molecule has 4 aromatic heterocycles. The maximum atomic E-state index is 12.6. The minimum atomic E-state index is -0.167. The first-order valence-corrected chi connectivity index (χ1v) is 20.0. The smallest absolute Gasteiger partial charge is 0.242 e. The number of hydrogen-bond donors (Lipinski definition) is 0. The zero-order valence-corrected chi connectivity index (χ0v) is 36.2. The maximum Gasteiger partial charge on any atom is 0.242 e. The molecular formula is C42H70N12O4. The lowest BCUT2D eigenvalue weighted by Crippen LogP contribution is -2.42. The van der Waals surface area contributed by atoms with Gasteiger partial charge in [-0.25, -0.2) is 19.9 Å². The summed E-state index contributed by atoms with van der Waals surface area (Å²) in [6.07, 6.45) is 14.3. The van der Waals surface area contributed by atoms with Gasteiger partial charge in [0.2, 0.25) is 11.8 Å². The Morgan fingerprint density at radius 2 is 0.845 bits per heavy atom. The molecule has 4 rings (SSSR count). The molecule has 0 aliphatic heterocycles. The molecule has 0 aliphatic rings. The van der Waals surface area contributed by atoms with E-state index in [0.29, 0.717) is 65.4 Å². The van der Waals surface area contributed by atoms with Crippen LogP contribution in [0.2, 0.25) is 0 Å². The third-order valence-corrected chi connectivity index (χ3v) is 9.87. The summed E-state index contributed by atoms with van der Waals surface area (Å²) in [6.45, 7) is 28.1. The van der Waals surface area contributed by atoms with Crippen LogP contribution in [0.4, 0.5) is 0 Å². The number of ketones is 2. The van der Waals surface area contributed by atoms with Crippen LogP contribution in [0.25, 0.3) is 0 Å². The number of hydrogen-bond acceptors (Lipinski definition) is 10. The SMILES string of the molecule is C.CC(=O)Cn1ccnc1CN(Cc1nccn1CC(C)=O)C(C)C.CCN(CC)C(=O)Cn1ccnc1CN(Cc1nccn1CC(=O)N(CC)CC)C(C)(C)C. The van der Waals surface area contributed by atoms with Gasteiger partial charge in [-0.2, -0.15) is 0 Å². The Morgan fingerprint density at radius 3 is 1.10 bits per heavy atom. The molecule has 0 N–H and O–H groups in total. The van der Waals surface area contributed by atoms with Crippen LogP contribution in [0.1, 0.15) is 107 Å². The van der Waals surface area contributed by atoms with Gasteiger partial charge >= 0.3 is 0 Å². The van der Waals surface area contributed by atoms with E-state index in [1.54, 1.807) is 38.6 Å². The standard InChI is InChI=1S/C24H41N7O2.C17H25N5O2.CH4/c1-8-27(9-2)22(32)18-29-14-12-25-20(29)16-31(24(5,6)7)17-21-26-13-15-30(21)19-23(33)28(10-3)11-4;1-13(2)22(11-16-18-5-7-20(16)9-14(3)23)12-17-19-6-8-21(17)10-15(4)24;/h12-15H,8-11,16-19H2,1-7H3;5-8,13H,9-12H2,1-4H3;1H4. The van der Waals surface area contributed by atoms with Gasteiger partial charge < -0.3 is 28.1 Å². The molecule has 0 fully saturated rings. The van der Waals surface area contributed by atoms with E-state index in [4.69, 9.17) is 0 Å². The summed E-state index contributed by atoms with van der Waals surface area (Å²) < 4.78 is 7.60. The first-order valence-electron chi connectivity index (χ1n) is 20.0. The Bertz CT molecular complexity index is 1730. The highest BCUT2D eigenvalue weighted by Gasteiger charge is 2.26. The lowest BCUT2D eigenvalue weighted by atomic mass is 10.1. The zero-order valence-electron chi connectivity index (χ0n) is 36.2. The Labute approximate surface area is 346 Å². The second-order valence-electron chi connectivity index (χ2n) is 15.4. The Morgan fingerprint density at radius 1 is 0.552 bits per heavy atom. The molecule has 16 heteroatoms. The largest absolute Gasteiger partial charge is 0.342 e. The quantitative estimate of drug-likeness (QED) is 0.114. The first-order chi connectivity index (χ1) is 27.0. The van der Waals surface area contributed by atoms with Crippen molar-refractivity contribution in [2.24, 2.45) is 0 Å². The van der Waals surface area contributed by atoms with Crippen molar-refractivity contribution < 1.29 is 19.2 Å². The number of likely N-dealkylation sites (N-methyl/N-ethyl adjacent to an activating group) is 2. The molecule has 4 heterocycles. The molecule has 322 valence electrons. The number of Topliss-reactive ketones (excluding diaryl/α,β-unsaturated/α-hetero) is 2. The molecule has 16 nitrogen and oxygen atoms in total. The number of nitrogens with zero attached hydrogens (tertiary/aromatic N) is 12. The summed E-state index contributed by atoms with van der Waals surface area (Å²) in [5, 5.41) is 0. The normalized spacial score (nSPS) is 11.4. The van der Waals surface area contributed by atoms with Crippen molar-refractivity contribution >= 4 is 23.4 Å². The van der Waals surface area contributed by atoms with E-state index in [0.717, 1.165) is 23.3 Å². The van der Waals surface area contributed by atoms with E-state index in [2.05, 4.69) is 64.4 Å². The van der Waals surface area contributed by atoms with E-state index in [1.165, 1.54) is 0 Å². The Balaban J connectivity index is 0.000000412. The fraction of sp³-hybridized carbons (Fsp3) is 0.619. The van der Waals surface area contributed by atoms with E-state index >= 15 is 0 Å². The number of amides is 2. The van der Waals surface area contributed by atoms with Gasteiger partial charge in [0.25, 0.3) is 0 Å². The molecule has 0 saturated carbocycles. The van der Waals surface area contributed by atoms with Crippen LogP contribution in [0.15, 0.2) is 49.6 Å².